The van der Waals surface area contributed by atoms with Gasteiger partial charge in [-0.05, 0) is 12.1 Å². The summed E-state index contributed by atoms with van der Waals surface area (Å²) in [6.45, 7) is 0. The largest absolute Gasteiger partial charge is 0.506 e. The standard InChI is InChI=1S/C10H9NO3/c1-14-8-5-6-3-2-4-7(12)9(6)11-10(8)13/h2-5,12H,1H3,(H,11,13). The lowest BCUT2D eigenvalue weighted by molar-refractivity contribution is 0.409. The molecule has 2 aromatic rings. The fourth-order valence-corrected chi connectivity index (χ4v) is 1.35. The lowest BCUT2D eigenvalue weighted by Crippen LogP contribution is -2.08. The van der Waals surface area contributed by atoms with Gasteiger partial charge in [0.15, 0.2) is 5.75 Å². The molecule has 0 amide bonds. The Morgan fingerprint density at radius 3 is 2.93 bits per heavy atom. The molecule has 0 saturated heterocycles. The summed E-state index contributed by atoms with van der Waals surface area (Å²) >= 11 is 0. The summed E-state index contributed by atoms with van der Waals surface area (Å²) in [4.78, 5) is 13.9. The van der Waals surface area contributed by atoms with Crippen LogP contribution in [0.15, 0.2) is 29.1 Å². The van der Waals surface area contributed by atoms with Gasteiger partial charge in [-0.3, -0.25) is 4.79 Å². The van der Waals surface area contributed by atoms with Crippen molar-refractivity contribution in [3.8, 4) is 11.5 Å². The number of ether oxygens (including phenoxy) is 1. The zero-order valence-corrected chi connectivity index (χ0v) is 7.57. The second kappa shape index (κ2) is 3.06. The zero-order valence-electron chi connectivity index (χ0n) is 7.57. The van der Waals surface area contributed by atoms with Gasteiger partial charge in [-0.1, -0.05) is 12.1 Å². The molecule has 2 rings (SSSR count). The third-order valence-corrected chi connectivity index (χ3v) is 2.04. The molecule has 0 unspecified atom stereocenters. The van der Waals surface area contributed by atoms with Crippen LogP contribution in [0, 0.1) is 0 Å². The zero-order chi connectivity index (χ0) is 10.1. The van der Waals surface area contributed by atoms with Gasteiger partial charge >= 0.3 is 0 Å². The number of aromatic nitrogens is 1. The Hall–Kier alpha value is -1.97. The van der Waals surface area contributed by atoms with E-state index in [0.29, 0.717) is 5.52 Å². The van der Waals surface area contributed by atoms with Crippen LogP contribution < -0.4 is 10.3 Å². The number of aromatic hydroxyl groups is 1. The number of pyridine rings is 1. The highest BCUT2D eigenvalue weighted by Gasteiger charge is 2.04. The van der Waals surface area contributed by atoms with Gasteiger partial charge in [-0.15, -0.1) is 0 Å². The van der Waals surface area contributed by atoms with Crippen molar-refractivity contribution in [3.63, 3.8) is 0 Å². The highest BCUT2D eigenvalue weighted by molar-refractivity contribution is 5.84. The lowest BCUT2D eigenvalue weighted by Gasteiger charge is -2.02. The van der Waals surface area contributed by atoms with Gasteiger partial charge in [0, 0.05) is 5.39 Å². The van der Waals surface area contributed by atoms with Crippen LogP contribution in [-0.4, -0.2) is 17.2 Å². The maximum absolute atomic E-state index is 11.3. The normalized spacial score (nSPS) is 10.4. The first kappa shape index (κ1) is 8.62. The van der Waals surface area contributed by atoms with E-state index in [1.807, 2.05) is 0 Å². The Morgan fingerprint density at radius 1 is 1.43 bits per heavy atom. The van der Waals surface area contributed by atoms with Gasteiger partial charge in [0.05, 0.1) is 12.6 Å². The van der Waals surface area contributed by atoms with E-state index >= 15 is 0 Å². The van der Waals surface area contributed by atoms with Gasteiger partial charge < -0.3 is 14.8 Å². The van der Waals surface area contributed by atoms with E-state index < -0.39 is 0 Å². The molecule has 0 fully saturated rings. The summed E-state index contributed by atoms with van der Waals surface area (Å²) in [6.07, 6.45) is 0. The van der Waals surface area contributed by atoms with Gasteiger partial charge in [-0.25, -0.2) is 0 Å². The maximum Gasteiger partial charge on any atom is 0.290 e. The molecule has 1 heterocycles. The molecule has 72 valence electrons. The Balaban J connectivity index is 2.86. The van der Waals surface area contributed by atoms with E-state index in [-0.39, 0.29) is 17.1 Å². The molecule has 0 atom stereocenters. The number of para-hydroxylation sites is 1. The summed E-state index contributed by atoms with van der Waals surface area (Å²) in [5.41, 5.74) is 0.0831. The average molecular weight is 191 g/mol. The Kier molecular flexibility index (Phi) is 1.89. The minimum atomic E-state index is -0.346. The number of fused-ring (bicyclic) bond motifs is 1. The molecule has 0 aliphatic carbocycles. The van der Waals surface area contributed by atoms with Gasteiger partial charge in [0.1, 0.15) is 5.75 Å². The second-order valence-electron chi connectivity index (χ2n) is 2.91. The van der Waals surface area contributed by atoms with Crippen molar-refractivity contribution < 1.29 is 9.84 Å². The van der Waals surface area contributed by atoms with E-state index in [4.69, 9.17) is 4.74 Å². The van der Waals surface area contributed by atoms with Crippen LogP contribution in [0.25, 0.3) is 10.9 Å². The summed E-state index contributed by atoms with van der Waals surface area (Å²) in [5.74, 6) is 0.297. The number of methoxy groups -OCH3 is 1. The van der Waals surface area contributed by atoms with Crippen molar-refractivity contribution in [2.75, 3.05) is 7.11 Å². The molecule has 1 aromatic heterocycles. The molecule has 4 heteroatoms. The van der Waals surface area contributed by atoms with E-state index in [1.54, 1.807) is 18.2 Å². The first-order valence-electron chi connectivity index (χ1n) is 4.11. The molecule has 0 aliphatic heterocycles. The van der Waals surface area contributed by atoms with Gasteiger partial charge in [0.2, 0.25) is 0 Å². The number of H-pyrrole nitrogens is 1. The van der Waals surface area contributed by atoms with Crippen LogP contribution in [-0.2, 0) is 0 Å². The molecular formula is C10H9NO3. The summed E-state index contributed by atoms with van der Waals surface area (Å²) in [5, 5.41) is 10.2. The summed E-state index contributed by atoms with van der Waals surface area (Å²) < 4.78 is 4.87. The molecular weight excluding hydrogens is 182 g/mol. The van der Waals surface area contributed by atoms with Gasteiger partial charge in [-0.2, -0.15) is 0 Å². The summed E-state index contributed by atoms with van der Waals surface area (Å²) in [6, 6.07) is 6.60. The van der Waals surface area contributed by atoms with Crippen LogP contribution in [0.4, 0.5) is 0 Å². The smallest absolute Gasteiger partial charge is 0.290 e. The maximum atomic E-state index is 11.3. The first-order chi connectivity index (χ1) is 6.72. The molecule has 14 heavy (non-hydrogen) atoms. The van der Waals surface area contributed by atoms with Crippen LogP contribution >= 0.6 is 0 Å². The molecule has 0 spiro atoms. The molecule has 1 aromatic carbocycles. The van der Waals surface area contributed by atoms with Crippen LogP contribution in [0.1, 0.15) is 0 Å². The van der Waals surface area contributed by atoms with Crippen molar-refractivity contribution in [1.29, 1.82) is 0 Å². The Bertz CT molecular complexity index is 530. The number of aromatic amines is 1. The monoisotopic (exact) mass is 191 g/mol. The van der Waals surface area contributed by atoms with E-state index in [1.165, 1.54) is 13.2 Å². The first-order valence-corrected chi connectivity index (χ1v) is 4.11. The van der Waals surface area contributed by atoms with Crippen LogP contribution in [0.5, 0.6) is 11.5 Å². The van der Waals surface area contributed by atoms with Crippen molar-refractivity contribution in [1.82, 2.24) is 4.98 Å². The molecule has 0 aliphatic rings. The molecule has 2 N–H and O–H groups in total. The Labute approximate surface area is 79.8 Å². The number of phenolic OH excluding ortho intramolecular Hbond substituents is 1. The molecule has 0 saturated carbocycles. The third kappa shape index (κ3) is 1.21. The topological polar surface area (TPSA) is 62.3 Å². The van der Waals surface area contributed by atoms with E-state index in [0.717, 1.165) is 5.39 Å². The predicted octanol–water partition coefficient (Wildman–Crippen LogP) is 1.24. The fraction of sp³-hybridized carbons (Fsp3) is 0.100. The highest BCUT2D eigenvalue weighted by Crippen LogP contribution is 2.22. The van der Waals surface area contributed by atoms with Crippen molar-refractivity contribution in [2.24, 2.45) is 0 Å². The van der Waals surface area contributed by atoms with E-state index in [9.17, 15) is 9.90 Å². The average Bonchev–Trinajstić information content (AvgIpc) is 2.19. The number of rotatable bonds is 1. The van der Waals surface area contributed by atoms with Crippen molar-refractivity contribution >= 4 is 10.9 Å². The summed E-state index contributed by atoms with van der Waals surface area (Å²) in [7, 11) is 1.43. The van der Waals surface area contributed by atoms with Crippen LogP contribution in [0.2, 0.25) is 0 Å². The predicted molar refractivity (Wildman–Crippen MR) is 52.8 cm³/mol. The fourth-order valence-electron chi connectivity index (χ4n) is 1.35. The quantitative estimate of drug-likeness (QED) is 0.712. The number of nitrogens with one attached hydrogen (secondary N) is 1. The molecule has 0 bridgehead atoms. The number of phenols is 1. The SMILES string of the molecule is COc1cc2cccc(O)c2[nH]c1=O. The Morgan fingerprint density at radius 2 is 2.21 bits per heavy atom. The second-order valence-corrected chi connectivity index (χ2v) is 2.91. The minimum absolute atomic E-state index is 0.0576. The number of benzene rings is 1. The molecule has 0 radical (unpaired) electrons. The minimum Gasteiger partial charge on any atom is -0.506 e. The van der Waals surface area contributed by atoms with Gasteiger partial charge in [0.25, 0.3) is 5.56 Å². The number of hydrogen-bond donors (Lipinski definition) is 2. The van der Waals surface area contributed by atoms with E-state index in [2.05, 4.69) is 4.98 Å². The number of hydrogen-bond acceptors (Lipinski definition) is 3. The third-order valence-electron chi connectivity index (χ3n) is 2.04. The van der Waals surface area contributed by atoms with Crippen LogP contribution in [0.3, 0.4) is 0 Å². The molecule has 4 nitrogen and oxygen atoms in total. The highest BCUT2D eigenvalue weighted by atomic mass is 16.5. The van der Waals surface area contributed by atoms with Crippen molar-refractivity contribution in [3.05, 3.63) is 34.6 Å². The lowest BCUT2D eigenvalue weighted by atomic mass is 10.2. The van der Waals surface area contributed by atoms with Crippen molar-refractivity contribution in [2.45, 2.75) is 0 Å².